The third-order valence-electron chi connectivity index (χ3n) is 2.50. The highest BCUT2D eigenvalue weighted by Gasteiger charge is 2.11. The van der Waals surface area contributed by atoms with Crippen molar-refractivity contribution in [2.75, 3.05) is 6.54 Å². The molecule has 1 N–H and O–H groups in total. The van der Waals surface area contributed by atoms with E-state index in [4.69, 9.17) is 0 Å². The second-order valence-electron chi connectivity index (χ2n) is 4.23. The van der Waals surface area contributed by atoms with Crippen LogP contribution in [0, 0.1) is 11.8 Å². The second kappa shape index (κ2) is 9.22. The lowest BCUT2D eigenvalue weighted by molar-refractivity contribution is -0.109. The van der Waals surface area contributed by atoms with Gasteiger partial charge in [0.25, 0.3) is 5.91 Å². The zero-order valence-electron chi connectivity index (χ0n) is 11.9. The van der Waals surface area contributed by atoms with Crippen LogP contribution >= 0.6 is 11.8 Å². The van der Waals surface area contributed by atoms with Crippen LogP contribution in [0.25, 0.3) is 0 Å². The Morgan fingerprint density at radius 2 is 2.00 bits per heavy atom. The van der Waals surface area contributed by atoms with Crippen LogP contribution < -0.4 is 5.32 Å². The van der Waals surface area contributed by atoms with Gasteiger partial charge in [0.05, 0.1) is 12.1 Å². The molecule has 1 aromatic rings. The maximum absolute atomic E-state index is 12.0. The summed E-state index contributed by atoms with van der Waals surface area (Å²) in [7, 11) is 0. The minimum Gasteiger partial charge on any atom is -0.341 e. The summed E-state index contributed by atoms with van der Waals surface area (Å²) < 4.78 is 0. The maximum Gasteiger partial charge on any atom is 0.253 e. The minimum atomic E-state index is -0.195. The van der Waals surface area contributed by atoms with Crippen LogP contribution in [0.5, 0.6) is 0 Å². The van der Waals surface area contributed by atoms with Gasteiger partial charge in [0.1, 0.15) is 0 Å². The molecule has 0 spiro atoms. The van der Waals surface area contributed by atoms with Crippen molar-refractivity contribution in [3.8, 4) is 11.8 Å². The van der Waals surface area contributed by atoms with Gasteiger partial charge in [-0.15, -0.1) is 5.92 Å². The van der Waals surface area contributed by atoms with Crippen molar-refractivity contribution < 1.29 is 9.59 Å². The summed E-state index contributed by atoms with van der Waals surface area (Å²) in [4.78, 5) is 23.9. The first-order valence-electron chi connectivity index (χ1n) is 6.66. The van der Waals surface area contributed by atoms with Gasteiger partial charge in [-0.3, -0.25) is 9.59 Å². The number of benzene rings is 1. The molecule has 0 aliphatic heterocycles. The number of unbranched alkanes of at least 4 members (excludes halogenated alkanes) is 2. The van der Waals surface area contributed by atoms with Gasteiger partial charge >= 0.3 is 0 Å². The van der Waals surface area contributed by atoms with Gasteiger partial charge in [-0.1, -0.05) is 43.2 Å². The number of hydrogen-bond acceptors (Lipinski definition) is 3. The Balaban J connectivity index is 2.58. The number of carbonyl (C=O) groups excluding carboxylic acids is 2. The molecule has 0 heterocycles. The Kier molecular flexibility index (Phi) is 7.52. The number of thioether (sulfide) groups is 1. The Labute approximate surface area is 124 Å². The van der Waals surface area contributed by atoms with E-state index in [0.717, 1.165) is 31.0 Å². The molecule has 106 valence electrons. The highest BCUT2D eigenvalue weighted by atomic mass is 32.2. The fourth-order valence-corrected chi connectivity index (χ4v) is 2.26. The van der Waals surface area contributed by atoms with Crippen LogP contribution in [0.1, 0.15) is 43.5 Å². The molecule has 0 saturated carbocycles. The predicted molar refractivity (Wildman–Crippen MR) is 82.6 cm³/mol. The highest BCUT2D eigenvalue weighted by molar-refractivity contribution is 8.13. The SMILES string of the molecule is CCCCC#CCNC(=O)c1ccccc1SC(C)=O. The molecule has 0 fully saturated rings. The van der Waals surface area contributed by atoms with Gasteiger partial charge in [0.15, 0.2) is 5.12 Å². The number of carbonyl (C=O) groups is 2. The standard InChI is InChI=1S/C16H19NO2S/c1-3-4-5-6-9-12-17-16(19)14-10-7-8-11-15(14)20-13(2)18/h7-8,10-11H,3-5,12H2,1-2H3,(H,17,19). The molecule has 1 aromatic carbocycles. The molecule has 0 unspecified atom stereocenters. The van der Waals surface area contributed by atoms with Gasteiger partial charge in [-0.05, 0) is 18.6 Å². The lowest BCUT2D eigenvalue weighted by Crippen LogP contribution is -2.24. The average molecular weight is 289 g/mol. The van der Waals surface area contributed by atoms with E-state index in [1.54, 1.807) is 18.2 Å². The first-order valence-corrected chi connectivity index (χ1v) is 7.48. The maximum atomic E-state index is 12.0. The Morgan fingerprint density at radius 3 is 2.70 bits per heavy atom. The summed E-state index contributed by atoms with van der Waals surface area (Å²) in [5, 5.41) is 2.71. The largest absolute Gasteiger partial charge is 0.341 e. The Hall–Kier alpha value is -1.73. The van der Waals surface area contributed by atoms with Crippen molar-refractivity contribution in [2.24, 2.45) is 0 Å². The average Bonchev–Trinajstić information content (AvgIpc) is 2.42. The van der Waals surface area contributed by atoms with Crippen molar-refractivity contribution in [2.45, 2.75) is 38.0 Å². The summed E-state index contributed by atoms with van der Waals surface area (Å²) in [5.74, 6) is 5.75. The zero-order valence-corrected chi connectivity index (χ0v) is 12.7. The van der Waals surface area contributed by atoms with E-state index in [2.05, 4.69) is 24.1 Å². The summed E-state index contributed by atoms with van der Waals surface area (Å²) in [5.41, 5.74) is 0.517. The van der Waals surface area contributed by atoms with E-state index >= 15 is 0 Å². The topological polar surface area (TPSA) is 46.2 Å². The van der Waals surface area contributed by atoms with Crippen molar-refractivity contribution in [1.29, 1.82) is 0 Å². The molecule has 1 rings (SSSR count). The van der Waals surface area contributed by atoms with Crippen molar-refractivity contribution in [3.05, 3.63) is 29.8 Å². The number of amides is 1. The lowest BCUT2D eigenvalue weighted by Gasteiger charge is -2.06. The second-order valence-corrected chi connectivity index (χ2v) is 5.45. The Bertz CT molecular complexity index is 529. The van der Waals surface area contributed by atoms with Crippen LogP contribution in [0.4, 0.5) is 0 Å². The quantitative estimate of drug-likeness (QED) is 0.514. The molecular formula is C16H19NO2S. The summed E-state index contributed by atoms with van der Waals surface area (Å²) >= 11 is 1.07. The van der Waals surface area contributed by atoms with Crippen molar-refractivity contribution >= 4 is 22.8 Å². The van der Waals surface area contributed by atoms with Crippen LogP contribution in [-0.2, 0) is 4.79 Å². The number of hydrogen-bond donors (Lipinski definition) is 1. The molecular weight excluding hydrogens is 270 g/mol. The molecule has 0 aromatic heterocycles. The highest BCUT2D eigenvalue weighted by Crippen LogP contribution is 2.22. The monoisotopic (exact) mass is 289 g/mol. The third kappa shape index (κ3) is 5.94. The molecule has 0 aliphatic rings. The minimum absolute atomic E-state index is 0.0374. The molecule has 4 heteroatoms. The number of rotatable bonds is 5. The normalized spacial score (nSPS) is 9.50. The van der Waals surface area contributed by atoms with Crippen molar-refractivity contribution in [1.82, 2.24) is 5.32 Å². The first-order chi connectivity index (χ1) is 9.65. The van der Waals surface area contributed by atoms with Crippen LogP contribution in [0.15, 0.2) is 29.2 Å². The summed E-state index contributed by atoms with van der Waals surface area (Å²) in [6.07, 6.45) is 3.07. The molecule has 0 aliphatic carbocycles. The van der Waals surface area contributed by atoms with Crippen LogP contribution in [0.2, 0.25) is 0 Å². The van der Waals surface area contributed by atoms with E-state index in [1.807, 2.05) is 6.07 Å². The van der Waals surface area contributed by atoms with E-state index in [1.165, 1.54) is 6.92 Å². The van der Waals surface area contributed by atoms with Gasteiger partial charge in [-0.25, -0.2) is 0 Å². The van der Waals surface area contributed by atoms with Crippen LogP contribution in [-0.4, -0.2) is 17.6 Å². The van der Waals surface area contributed by atoms with E-state index in [0.29, 0.717) is 17.0 Å². The molecule has 0 bridgehead atoms. The third-order valence-corrected chi connectivity index (χ3v) is 3.37. The van der Waals surface area contributed by atoms with Crippen molar-refractivity contribution in [3.63, 3.8) is 0 Å². The lowest BCUT2D eigenvalue weighted by atomic mass is 10.2. The van der Waals surface area contributed by atoms with Gasteiger partial charge in [0.2, 0.25) is 0 Å². The van der Waals surface area contributed by atoms with E-state index in [-0.39, 0.29) is 11.0 Å². The van der Waals surface area contributed by atoms with E-state index in [9.17, 15) is 9.59 Å². The number of nitrogens with one attached hydrogen (secondary N) is 1. The Morgan fingerprint density at radius 1 is 1.25 bits per heavy atom. The zero-order chi connectivity index (χ0) is 14.8. The van der Waals surface area contributed by atoms with Gasteiger partial charge in [0, 0.05) is 18.2 Å². The molecule has 0 saturated heterocycles. The molecule has 0 radical (unpaired) electrons. The van der Waals surface area contributed by atoms with Gasteiger partial charge < -0.3 is 5.32 Å². The molecule has 0 atom stereocenters. The van der Waals surface area contributed by atoms with Gasteiger partial charge in [-0.2, -0.15) is 0 Å². The first kappa shape index (κ1) is 16.3. The predicted octanol–water partition coefficient (Wildman–Crippen LogP) is 3.25. The summed E-state index contributed by atoms with van der Waals surface area (Å²) in [6, 6.07) is 7.08. The molecule has 20 heavy (non-hydrogen) atoms. The summed E-state index contributed by atoms with van der Waals surface area (Å²) in [6.45, 7) is 3.94. The molecule has 3 nitrogen and oxygen atoms in total. The fourth-order valence-electron chi connectivity index (χ4n) is 1.53. The smallest absolute Gasteiger partial charge is 0.253 e. The van der Waals surface area contributed by atoms with E-state index < -0.39 is 0 Å². The molecule has 1 amide bonds. The van der Waals surface area contributed by atoms with Crippen LogP contribution in [0.3, 0.4) is 0 Å². The fraction of sp³-hybridized carbons (Fsp3) is 0.375.